The fourth-order valence-corrected chi connectivity index (χ4v) is 3.90. The number of benzene rings is 1. The van der Waals surface area contributed by atoms with Crippen LogP contribution in [0.1, 0.15) is 50.2 Å². The number of aryl methyl sites for hydroxylation is 1. The minimum Gasteiger partial charge on any atom is -0.315 e. The zero-order valence-corrected chi connectivity index (χ0v) is 14.2. The predicted molar refractivity (Wildman–Crippen MR) is 91.5 cm³/mol. The van der Waals surface area contributed by atoms with Crippen LogP contribution in [0, 0.1) is 12.8 Å². The highest BCUT2D eigenvalue weighted by Crippen LogP contribution is 2.31. The van der Waals surface area contributed by atoms with Crippen molar-refractivity contribution in [1.82, 2.24) is 10.2 Å². The van der Waals surface area contributed by atoms with E-state index >= 15 is 0 Å². The van der Waals surface area contributed by atoms with Gasteiger partial charge in [-0.1, -0.05) is 44.0 Å². The summed E-state index contributed by atoms with van der Waals surface area (Å²) in [4.78, 5) is 2.57. The van der Waals surface area contributed by atoms with Crippen LogP contribution in [0.3, 0.4) is 0 Å². The third-order valence-electron chi connectivity index (χ3n) is 5.24. The Hall–Kier alpha value is -0.860. The molecule has 1 N–H and O–H groups in total. The Labute approximate surface area is 130 Å². The Kier molecular flexibility index (Phi) is 6.25. The molecular weight excluding hydrogens is 256 g/mol. The van der Waals surface area contributed by atoms with Gasteiger partial charge in [0.15, 0.2) is 0 Å². The van der Waals surface area contributed by atoms with E-state index < -0.39 is 0 Å². The summed E-state index contributed by atoms with van der Waals surface area (Å²) in [6.45, 7) is 5.60. The molecular formula is C19H32N2. The van der Waals surface area contributed by atoms with Crippen molar-refractivity contribution in [2.45, 2.75) is 64.6 Å². The van der Waals surface area contributed by atoms with Gasteiger partial charge in [0.2, 0.25) is 0 Å². The average molecular weight is 288 g/mol. The van der Waals surface area contributed by atoms with Crippen molar-refractivity contribution in [3.63, 3.8) is 0 Å². The van der Waals surface area contributed by atoms with Gasteiger partial charge in [-0.25, -0.2) is 0 Å². The van der Waals surface area contributed by atoms with Gasteiger partial charge in [0, 0.05) is 18.6 Å². The molecule has 0 heterocycles. The van der Waals surface area contributed by atoms with E-state index in [9.17, 15) is 0 Å². The van der Waals surface area contributed by atoms with E-state index in [1.54, 1.807) is 0 Å². The van der Waals surface area contributed by atoms with E-state index in [2.05, 4.69) is 62.4 Å². The number of hydrogen-bond acceptors (Lipinski definition) is 2. The highest BCUT2D eigenvalue weighted by Gasteiger charge is 2.31. The molecule has 1 aromatic carbocycles. The lowest BCUT2D eigenvalue weighted by atomic mass is 9.79. The van der Waals surface area contributed by atoms with Gasteiger partial charge in [-0.05, 0) is 57.3 Å². The third-order valence-corrected chi connectivity index (χ3v) is 5.24. The van der Waals surface area contributed by atoms with Gasteiger partial charge in [-0.3, -0.25) is 4.90 Å². The first kappa shape index (κ1) is 16.5. The average Bonchev–Trinajstić information content (AvgIpc) is 2.50. The zero-order valence-electron chi connectivity index (χ0n) is 14.2. The van der Waals surface area contributed by atoms with Gasteiger partial charge in [0.1, 0.15) is 0 Å². The molecule has 1 saturated carbocycles. The summed E-state index contributed by atoms with van der Waals surface area (Å²) >= 11 is 0. The maximum atomic E-state index is 3.56. The fraction of sp³-hybridized carbons (Fsp3) is 0.684. The van der Waals surface area contributed by atoms with Gasteiger partial charge in [0.25, 0.3) is 0 Å². The van der Waals surface area contributed by atoms with Gasteiger partial charge in [-0.2, -0.15) is 0 Å². The Morgan fingerprint density at radius 3 is 2.67 bits per heavy atom. The summed E-state index contributed by atoms with van der Waals surface area (Å²) in [5, 5.41) is 3.56. The first-order valence-corrected chi connectivity index (χ1v) is 8.57. The number of likely N-dealkylation sites (N-methyl/N-ethyl adjacent to an activating group) is 2. The van der Waals surface area contributed by atoms with Gasteiger partial charge in [0.05, 0.1) is 0 Å². The molecule has 1 fully saturated rings. The molecule has 2 rings (SSSR count). The van der Waals surface area contributed by atoms with Crippen LogP contribution in [0.25, 0.3) is 0 Å². The van der Waals surface area contributed by atoms with Crippen LogP contribution in [0.15, 0.2) is 24.3 Å². The van der Waals surface area contributed by atoms with Crippen LogP contribution in [0.2, 0.25) is 0 Å². The van der Waals surface area contributed by atoms with Crippen molar-refractivity contribution in [2.24, 2.45) is 5.92 Å². The van der Waals surface area contributed by atoms with Gasteiger partial charge in [-0.15, -0.1) is 0 Å². The molecule has 2 heteroatoms. The van der Waals surface area contributed by atoms with Gasteiger partial charge < -0.3 is 5.32 Å². The van der Waals surface area contributed by atoms with Crippen molar-refractivity contribution in [1.29, 1.82) is 0 Å². The fourth-order valence-electron chi connectivity index (χ4n) is 3.90. The lowest BCUT2D eigenvalue weighted by Gasteiger charge is -2.41. The van der Waals surface area contributed by atoms with Crippen LogP contribution in [-0.2, 0) is 6.54 Å². The second-order valence-electron chi connectivity index (χ2n) is 6.77. The number of nitrogens with zero attached hydrogens (tertiary/aromatic N) is 1. The van der Waals surface area contributed by atoms with Crippen molar-refractivity contribution < 1.29 is 0 Å². The van der Waals surface area contributed by atoms with Gasteiger partial charge >= 0.3 is 0 Å². The van der Waals surface area contributed by atoms with E-state index in [0.717, 1.165) is 12.5 Å². The lowest BCUT2D eigenvalue weighted by Crippen LogP contribution is -2.50. The topological polar surface area (TPSA) is 15.3 Å². The minimum absolute atomic E-state index is 0.645. The second kappa shape index (κ2) is 7.95. The Morgan fingerprint density at radius 1 is 1.24 bits per heavy atom. The summed E-state index contributed by atoms with van der Waals surface area (Å²) in [7, 11) is 4.43. The van der Waals surface area contributed by atoms with Crippen molar-refractivity contribution in [2.75, 3.05) is 14.1 Å². The van der Waals surface area contributed by atoms with E-state index in [1.807, 2.05) is 0 Å². The van der Waals surface area contributed by atoms with Crippen LogP contribution in [0.4, 0.5) is 0 Å². The molecule has 0 bridgehead atoms. The van der Waals surface area contributed by atoms with Crippen molar-refractivity contribution in [3.8, 4) is 0 Å². The highest BCUT2D eigenvalue weighted by atomic mass is 15.2. The Balaban J connectivity index is 2.03. The standard InChI is InChI=1S/C19H32N2/c1-5-8-16-11-12-18(20-3)19(13-16)21(4)14-17-10-7-6-9-15(17)2/h6-7,9-10,16,18-20H,5,8,11-14H2,1-4H3. The quantitative estimate of drug-likeness (QED) is 0.851. The number of rotatable bonds is 6. The Bertz CT molecular complexity index is 429. The van der Waals surface area contributed by atoms with E-state index in [1.165, 1.54) is 43.2 Å². The maximum Gasteiger partial charge on any atom is 0.0252 e. The SMILES string of the molecule is CCCC1CCC(NC)C(N(C)Cc2ccccc2C)C1. The molecule has 1 aliphatic rings. The predicted octanol–water partition coefficient (Wildman–Crippen LogP) is 3.98. The number of hydrogen-bond donors (Lipinski definition) is 1. The monoisotopic (exact) mass is 288 g/mol. The van der Waals surface area contributed by atoms with Crippen LogP contribution < -0.4 is 5.32 Å². The summed E-state index contributed by atoms with van der Waals surface area (Å²) in [6, 6.07) is 10.1. The van der Waals surface area contributed by atoms with Crippen LogP contribution >= 0.6 is 0 Å². The largest absolute Gasteiger partial charge is 0.315 e. The zero-order chi connectivity index (χ0) is 15.2. The molecule has 0 spiro atoms. The molecule has 0 aromatic heterocycles. The first-order chi connectivity index (χ1) is 10.2. The second-order valence-corrected chi connectivity index (χ2v) is 6.77. The molecule has 0 aliphatic heterocycles. The molecule has 3 atom stereocenters. The Morgan fingerprint density at radius 2 is 2.00 bits per heavy atom. The molecule has 0 radical (unpaired) electrons. The molecule has 0 amide bonds. The van der Waals surface area contributed by atoms with E-state index in [4.69, 9.17) is 0 Å². The molecule has 1 aromatic rings. The normalized spacial score (nSPS) is 26.2. The third kappa shape index (κ3) is 4.31. The molecule has 3 unspecified atom stereocenters. The molecule has 21 heavy (non-hydrogen) atoms. The van der Waals surface area contributed by atoms with Crippen molar-refractivity contribution in [3.05, 3.63) is 35.4 Å². The summed E-state index contributed by atoms with van der Waals surface area (Å²) in [5.41, 5.74) is 2.87. The van der Waals surface area contributed by atoms with E-state index in [0.29, 0.717) is 12.1 Å². The summed E-state index contributed by atoms with van der Waals surface area (Å²) in [5.74, 6) is 0.920. The van der Waals surface area contributed by atoms with Crippen LogP contribution in [-0.4, -0.2) is 31.1 Å². The highest BCUT2D eigenvalue weighted by molar-refractivity contribution is 5.25. The number of nitrogens with one attached hydrogen (secondary N) is 1. The van der Waals surface area contributed by atoms with Crippen molar-refractivity contribution >= 4 is 0 Å². The molecule has 2 nitrogen and oxygen atoms in total. The first-order valence-electron chi connectivity index (χ1n) is 8.57. The van der Waals surface area contributed by atoms with Crippen LogP contribution in [0.5, 0.6) is 0 Å². The summed E-state index contributed by atoms with van der Waals surface area (Å²) < 4.78 is 0. The minimum atomic E-state index is 0.645. The van der Waals surface area contributed by atoms with E-state index in [-0.39, 0.29) is 0 Å². The lowest BCUT2D eigenvalue weighted by molar-refractivity contribution is 0.114. The molecule has 1 aliphatic carbocycles. The summed E-state index contributed by atoms with van der Waals surface area (Å²) in [6.07, 6.45) is 6.79. The smallest absolute Gasteiger partial charge is 0.0252 e. The molecule has 0 saturated heterocycles. The maximum absolute atomic E-state index is 3.56. The molecule has 118 valence electrons.